The second-order valence-electron chi connectivity index (χ2n) is 3.71. The molecule has 0 unspecified atom stereocenters. The average molecular weight is 225 g/mol. The van der Waals surface area contributed by atoms with Crippen LogP contribution in [0.4, 0.5) is 0 Å². The summed E-state index contributed by atoms with van der Waals surface area (Å²) in [6.07, 6.45) is 0. The summed E-state index contributed by atoms with van der Waals surface area (Å²) in [4.78, 5) is 0. The van der Waals surface area contributed by atoms with E-state index < -0.39 is 0 Å². The van der Waals surface area contributed by atoms with Crippen LogP contribution in [0.1, 0.15) is 25.0 Å². The molecule has 84 valence electrons. The van der Waals surface area contributed by atoms with Crippen molar-refractivity contribution in [2.75, 3.05) is 7.11 Å². The summed E-state index contributed by atoms with van der Waals surface area (Å²) >= 11 is 1.91. The smallest absolute Gasteiger partial charge is 0.122 e. The first-order chi connectivity index (χ1) is 7.17. The van der Waals surface area contributed by atoms with Crippen molar-refractivity contribution < 1.29 is 4.74 Å². The Balaban J connectivity index is 2.81. The first-order valence-corrected chi connectivity index (χ1v) is 6.19. The molecule has 0 fully saturated rings. The molecule has 1 rings (SSSR count). The van der Waals surface area contributed by atoms with Gasteiger partial charge in [-0.15, -0.1) is 0 Å². The molecule has 0 aliphatic carbocycles. The van der Waals surface area contributed by atoms with Gasteiger partial charge in [0.25, 0.3) is 0 Å². The number of hydrogen-bond donors (Lipinski definition) is 1. The van der Waals surface area contributed by atoms with Gasteiger partial charge in [-0.3, -0.25) is 0 Å². The van der Waals surface area contributed by atoms with E-state index in [1.165, 1.54) is 5.56 Å². The van der Waals surface area contributed by atoms with Gasteiger partial charge in [0, 0.05) is 17.9 Å². The SMILES string of the molecule is COc1ccc(CN)cc1CSC(C)C. The minimum atomic E-state index is 0.587. The molecular formula is C12H19NOS. The van der Waals surface area contributed by atoms with Crippen LogP contribution in [0.2, 0.25) is 0 Å². The number of benzene rings is 1. The molecule has 0 atom stereocenters. The second-order valence-corrected chi connectivity index (χ2v) is 5.27. The lowest BCUT2D eigenvalue weighted by molar-refractivity contribution is 0.411. The molecule has 1 aromatic carbocycles. The number of methoxy groups -OCH3 is 1. The second kappa shape index (κ2) is 6.03. The predicted molar refractivity (Wildman–Crippen MR) is 67.3 cm³/mol. The zero-order valence-electron chi connectivity index (χ0n) is 9.62. The lowest BCUT2D eigenvalue weighted by atomic mass is 10.1. The molecule has 0 radical (unpaired) electrons. The molecule has 2 N–H and O–H groups in total. The van der Waals surface area contributed by atoms with E-state index in [4.69, 9.17) is 10.5 Å². The highest BCUT2D eigenvalue weighted by Crippen LogP contribution is 2.26. The highest BCUT2D eigenvalue weighted by Gasteiger charge is 2.05. The molecule has 1 aromatic rings. The van der Waals surface area contributed by atoms with Crippen LogP contribution >= 0.6 is 11.8 Å². The van der Waals surface area contributed by atoms with Crippen molar-refractivity contribution in [2.24, 2.45) is 5.73 Å². The molecular weight excluding hydrogens is 206 g/mol. The molecule has 0 bridgehead atoms. The molecule has 0 saturated carbocycles. The van der Waals surface area contributed by atoms with Crippen molar-refractivity contribution in [1.82, 2.24) is 0 Å². The molecule has 0 aliphatic rings. The number of rotatable bonds is 5. The maximum Gasteiger partial charge on any atom is 0.122 e. The van der Waals surface area contributed by atoms with Gasteiger partial charge >= 0.3 is 0 Å². The minimum absolute atomic E-state index is 0.587. The third-order valence-electron chi connectivity index (χ3n) is 2.15. The van der Waals surface area contributed by atoms with E-state index in [9.17, 15) is 0 Å². The fraction of sp³-hybridized carbons (Fsp3) is 0.500. The Morgan fingerprint density at radius 3 is 2.67 bits per heavy atom. The van der Waals surface area contributed by atoms with Crippen molar-refractivity contribution in [3.05, 3.63) is 29.3 Å². The Morgan fingerprint density at radius 2 is 2.13 bits per heavy atom. The summed E-state index contributed by atoms with van der Waals surface area (Å²) in [5, 5.41) is 0.635. The number of nitrogens with two attached hydrogens (primary N) is 1. The van der Waals surface area contributed by atoms with Gasteiger partial charge in [0.15, 0.2) is 0 Å². The Hall–Kier alpha value is -0.670. The summed E-state index contributed by atoms with van der Waals surface area (Å²) in [6.45, 7) is 4.98. The minimum Gasteiger partial charge on any atom is -0.496 e. The van der Waals surface area contributed by atoms with Crippen LogP contribution in [0.15, 0.2) is 18.2 Å². The molecule has 0 aromatic heterocycles. The standard InChI is InChI=1S/C12H19NOS/c1-9(2)15-8-11-6-10(7-13)4-5-12(11)14-3/h4-6,9H,7-8,13H2,1-3H3. The van der Waals surface area contributed by atoms with Crippen molar-refractivity contribution in [2.45, 2.75) is 31.4 Å². The van der Waals surface area contributed by atoms with Gasteiger partial charge in [-0.25, -0.2) is 0 Å². The fourth-order valence-corrected chi connectivity index (χ4v) is 2.07. The third-order valence-corrected chi connectivity index (χ3v) is 3.30. The summed E-state index contributed by atoms with van der Waals surface area (Å²) in [5.74, 6) is 1.94. The van der Waals surface area contributed by atoms with E-state index >= 15 is 0 Å². The summed E-state index contributed by atoms with van der Waals surface area (Å²) < 4.78 is 5.32. The van der Waals surface area contributed by atoms with Crippen LogP contribution in [-0.2, 0) is 12.3 Å². The zero-order valence-corrected chi connectivity index (χ0v) is 10.4. The van der Waals surface area contributed by atoms with Crippen LogP contribution in [0.25, 0.3) is 0 Å². The number of ether oxygens (including phenoxy) is 1. The molecule has 2 nitrogen and oxygen atoms in total. The van der Waals surface area contributed by atoms with Gasteiger partial charge < -0.3 is 10.5 Å². The van der Waals surface area contributed by atoms with Crippen molar-refractivity contribution >= 4 is 11.8 Å². The Labute approximate surface area is 96.2 Å². The first kappa shape index (κ1) is 12.4. The molecule has 0 amide bonds. The predicted octanol–water partition coefficient (Wildman–Crippen LogP) is 2.80. The largest absolute Gasteiger partial charge is 0.496 e. The fourth-order valence-electron chi connectivity index (χ4n) is 1.33. The Kier molecular flexibility index (Phi) is 4.99. The summed E-state index contributed by atoms with van der Waals surface area (Å²) in [5.41, 5.74) is 8.02. The van der Waals surface area contributed by atoms with E-state index in [2.05, 4.69) is 19.9 Å². The zero-order chi connectivity index (χ0) is 11.3. The van der Waals surface area contributed by atoms with Crippen LogP contribution in [0, 0.1) is 0 Å². The summed E-state index contributed by atoms with van der Waals surface area (Å²) in [6, 6.07) is 6.15. The summed E-state index contributed by atoms with van der Waals surface area (Å²) in [7, 11) is 1.71. The maximum atomic E-state index is 5.62. The Bertz CT molecular complexity index is 312. The van der Waals surface area contributed by atoms with Crippen molar-refractivity contribution in [1.29, 1.82) is 0 Å². The van der Waals surface area contributed by atoms with Crippen LogP contribution in [-0.4, -0.2) is 12.4 Å². The molecule has 0 heterocycles. The number of thioether (sulfide) groups is 1. The lowest BCUT2D eigenvalue weighted by Gasteiger charge is -2.11. The van der Waals surface area contributed by atoms with Gasteiger partial charge in [0.05, 0.1) is 7.11 Å². The van der Waals surface area contributed by atoms with Gasteiger partial charge in [-0.1, -0.05) is 19.9 Å². The normalized spacial score (nSPS) is 10.7. The molecule has 0 saturated heterocycles. The van der Waals surface area contributed by atoms with E-state index in [-0.39, 0.29) is 0 Å². The van der Waals surface area contributed by atoms with E-state index in [1.54, 1.807) is 7.11 Å². The molecule has 0 aliphatic heterocycles. The maximum absolute atomic E-state index is 5.62. The van der Waals surface area contributed by atoms with E-state index in [1.807, 2.05) is 23.9 Å². The van der Waals surface area contributed by atoms with Gasteiger partial charge in [-0.05, 0) is 22.9 Å². The van der Waals surface area contributed by atoms with Crippen LogP contribution < -0.4 is 10.5 Å². The van der Waals surface area contributed by atoms with Crippen LogP contribution in [0.3, 0.4) is 0 Å². The molecule has 3 heteroatoms. The Morgan fingerprint density at radius 1 is 1.40 bits per heavy atom. The van der Waals surface area contributed by atoms with Crippen LogP contribution in [0.5, 0.6) is 5.75 Å². The number of hydrogen-bond acceptors (Lipinski definition) is 3. The molecule has 0 spiro atoms. The van der Waals surface area contributed by atoms with E-state index in [0.29, 0.717) is 11.8 Å². The van der Waals surface area contributed by atoms with Crippen molar-refractivity contribution in [3.8, 4) is 5.75 Å². The average Bonchev–Trinajstić information content (AvgIpc) is 2.25. The lowest BCUT2D eigenvalue weighted by Crippen LogP contribution is -1.99. The van der Waals surface area contributed by atoms with Crippen molar-refractivity contribution in [3.63, 3.8) is 0 Å². The topological polar surface area (TPSA) is 35.2 Å². The van der Waals surface area contributed by atoms with E-state index in [0.717, 1.165) is 17.1 Å². The highest BCUT2D eigenvalue weighted by atomic mass is 32.2. The molecule has 15 heavy (non-hydrogen) atoms. The van der Waals surface area contributed by atoms with Gasteiger partial charge in [0.1, 0.15) is 5.75 Å². The first-order valence-electron chi connectivity index (χ1n) is 5.14. The van der Waals surface area contributed by atoms with Gasteiger partial charge in [0.2, 0.25) is 0 Å². The highest BCUT2D eigenvalue weighted by molar-refractivity contribution is 7.99. The third kappa shape index (κ3) is 3.76. The monoisotopic (exact) mass is 225 g/mol. The van der Waals surface area contributed by atoms with Gasteiger partial charge in [-0.2, -0.15) is 11.8 Å². The quantitative estimate of drug-likeness (QED) is 0.837.